The minimum atomic E-state index is -1.34. The number of benzene rings is 1. The summed E-state index contributed by atoms with van der Waals surface area (Å²) < 4.78 is 48.5. The number of unbranched alkanes of at least 4 members (excludes halogenated alkanes) is 6. The lowest BCUT2D eigenvalue weighted by molar-refractivity contribution is -0.182. The predicted molar refractivity (Wildman–Crippen MR) is 576 cm³/mol. The Bertz CT molecular complexity index is 4000. The molecule has 4 aliphatic heterocycles. The van der Waals surface area contributed by atoms with Gasteiger partial charge in [0.05, 0.1) is 30.6 Å². The highest BCUT2D eigenvalue weighted by molar-refractivity contribution is 5.89. The molecule has 0 spiro atoms. The van der Waals surface area contributed by atoms with Crippen molar-refractivity contribution in [3.63, 3.8) is 0 Å². The van der Waals surface area contributed by atoms with Crippen LogP contribution >= 0.6 is 0 Å². The van der Waals surface area contributed by atoms with E-state index in [1.165, 1.54) is 26.2 Å². The van der Waals surface area contributed by atoms with Gasteiger partial charge in [-0.2, -0.15) is 0 Å². The van der Waals surface area contributed by atoms with Crippen LogP contribution in [0.15, 0.2) is 12.1 Å². The second kappa shape index (κ2) is 47.4. The molecule has 0 bridgehead atoms. The maximum atomic E-state index is 14.8. The van der Waals surface area contributed by atoms with E-state index in [9.17, 15) is 43.5 Å². The molecule has 1 N–H and O–H groups in total. The first kappa shape index (κ1) is 125. The third-order valence-corrected chi connectivity index (χ3v) is 33.9. The van der Waals surface area contributed by atoms with Gasteiger partial charge in [-0.05, 0) is 313 Å². The van der Waals surface area contributed by atoms with E-state index in [0.29, 0.717) is 87.2 Å². The number of likely N-dealkylation sites (tertiary alicyclic amines) is 4. The highest BCUT2D eigenvalue weighted by Crippen LogP contribution is 2.53. The zero-order valence-electron chi connectivity index (χ0n) is 99.3. The van der Waals surface area contributed by atoms with Crippen LogP contribution in [0.2, 0.25) is 0 Å². The van der Waals surface area contributed by atoms with Crippen LogP contribution in [0.4, 0.5) is 0 Å². The van der Waals surface area contributed by atoms with Crippen molar-refractivity contribution < 1.29 is 81.4 Å². The molecule has 820 valence electrons. The molecule has 3 unspecified atom stereocenters. The van der Waals surface area contributed by atoms with Gasteiger partial charge in [-0.25, -0.2) is 0 Å². The Morgan fingerprint density at radius 3 is 0.761 bits per heavy atom. The summed E-state index contributed by atoms with van der Waals surface area (Å²) in [6.07, 6.45) is 25.5. The summed E-state index contributed by atoms with van der Waals surface area (Å²) in [5, 5.41) is 11.1. The number of carbonyl (C=O) groups is 8. The van der Waals surface area contributed by atoms with Crippen molar-refractivity contribution >= 4 is 47.8 Å². The van der Waals surface area contributed by atoms with Crippen LogP contribution in [0, 0.1) is 61.1 Å². The van der Waals surface area contributed by atoms with E-state index >= 15 is 0 Å². The highest BCUT2D eigenvalue weighted by Gasteiger charge is 2.54. The first-order valence-corrected chi connectivity index (χ1v) is 55.4. The summed E-state index contributed by atoms with van der Waals surface area (Å²) >= 11 is 0. The first-order valence-electron chi connectivity index (χ1n) is 55.4. The van der Waals surface area contributed by atoms with E-state index < -0.39 is 73.0 Å². The van der Waals surface area contributed by atoms with E-state index in [0.717, 1.165) is 132 Å². The molecule has 0 amide bonds. The normalized spacial score (nSPS) is 24.9. The Morgan fingerprint density at radius 2 is 0.521 bits per heavy atom. The molecule has 0 aromatic heterocycles. The summed E-state index contributed by atoms with van der Waals surface area (Å²) in [7, 11) is 8.34. The Kier molecular flexibility index (Phi) is 41.9. The van der Waals surface area contributed by atoms with Crippen molar-refractivity contribution in [2.45, 2.75) is 599 Å². The fourth-order valence-electron chi connectivity index (χ4n) is 28.1. The third kappa shape index (κ3) is 38.6. The maximum Gasteiger partial charge on any atom is 0.310 e. The number of hydrogen-bond acceptors (Lipinski definition) is 21. The second-order valence-corrected chi connectivity index (χ2v) is 59.7. The van der Waals surface area contributed by atoms with Crippen LogP contribution in [0.3, 0.4) is 0 Å². The minimum absolute atomic E-state index is 0.00883. The van der Waals surface area contributed by atoms with Gasteiger partial charge in [0, 0.05) is 115 Å². The van der Waals surface area contributed by atoms with Crippen molar-refractivity contribution in [1.29, 1.82) is 0 Å². The number of phenolic OH excluding ortho intramolecular Hbond substituents is 1. The number of nitrogens with zero attached hydrogens (tertiary/aromatic N) is 4. The summed E-state index contributed by atoms with van der Waals surface area (Å²) in [5.74, 6) is -5.30. The fourth-order valence-corrected chi connectivity index (χ4v) is 28.1. The Balaban J connectivity index is 0.000000320. The Labute approximate surface area is 866 Å². The Morgan fingerprint density at radius 1 is 0.310 bits per heavy atom. The molecule has 0 radical (unpaired) electrons. The van der Waals surface area contributed by atoms with Crippen LogP contribution in [0.5, 0.6) is 5.75 Å². The molecule has 21 heteroatoms. The monoisotopic (exact) mass is 2000 g/mol. The fraction of sp³-hybridized carbons (Fsp3) is 0.884. The number of piperidine rings is 4. The largest absolute Gasteiger partial charge is 0.507 e. The van der Waals surface area contributed by atoms with Crippen molar-refractivity contribution in [3.05, 3.63) is 28.8 Å². The van der Waals surface area contributed by atoms with Gasteiger partial charge >= 0.3 is 47.8 Å². The average Bonchev–Trinajstić information content (AvgIpc) is 0.777. The molecule has 9 rings (SSSR count). The van der Waals surface area contributed by atoms with Crippen LogP contribution in [-0.2, 0) is 93.5 Å². The first-order chi connectivity index (χ1) is 64.0. The van der Waals surface area contributed by atoms with Crippen molar-refractivity contribution in [2.24, 2.45) is 61.1 Å². The van der Waals surface area contributed by atoms with Gasteiger partial charge in [-0.3, -0.25) is 58.0 Å². The van der Waals surface area contributed by atoms with E-state index in [1.54, 1.807) is 0 Å². The van der Waals surface area contributed by atoms with Crippen LogP contribution in [-0.4, -0.2) is 194 Å². The second-order valence-electron chi connectivity index (χ2n) is 59.7. The Hall–Kier alpha value is -5.38. The lowest BCUT2D eigenvalue weighted by atomic mass is 9.64. The smallest absolute Gasteiger partial charge is 0.310 e. The molecular formula is C121H214N4O17. The molecule has 4 aliphatic carbocycles. The van der Waals surface area contributed by atoms with E-state index in [2.05, 4.69) is 330 Å². The van der Waals surface area contributed by atoms with Gasteiger partial charge in [0.25, 0.3) is 0 Å². The van der Waals surface area contributed by atoms with Crippen LogP contribution < -0.4 is 0 Å². The summed E-state index contributed by atoms with van der Waals surface area (Å²) in [6.45, 7) is 87.0. The molecule has 142 heavy (non-hydrogen) atoms. The molecule has 8 aliphatic rings. The van der Waals surface area contributed by atoms with Crippen molar-refractivity contribution in [2.75, 3.05) is 28.2 Å². The van der Waals surface area contributed by atoms with Gasteiger partial charge in [-0.15, -0.1) is 0 Å². The number of phenols is 1. The average molecular weight is 2000 g/mol. The molecule has 1 aromatic rings. The lowest BCUT2D eigenvalue weighted by Gasteiger charge is -2.53. The summed E-state index contributed by atoms with van der Waals surface area (Å²) in [6, 6.07) is 4.23. The van der Waals surface area contributed by atoms with Gasteiger partial charge < -0.3 is 43.0 Å². The maximum absolute atomic E-state index is 14.8. The summed E-state index contributed by atoms with van der Waals surface area (Å²) in [5.41, 5.74) is 2.42. The third-order valence-electron chi connectivity index (χ3n) is 33.9. The number of carbonyl (C=O) groups excluding carboxylic acids is 8. The molecule has 3 atom stereocenters. The van der Waals surface area contributed by atoms with Gasteiger partial charge in [-0.1, -0.05) is 210 Å². The number of rotatable bonds is 30. The number of hydrogen-bond donors (Lipinski definition) is 1. The van der Waals surface area contributed by atoms with Gasteiger partial charge in [0.1, 0.15) is 54.6 Å². The van der Waals surface area contributed by atoms with Crippen molar-refractivity contribution in [3.8, 4) is 5.75 Å². The molecule has 4 saturated carbocycles. The number of aromatic hydroxyl groups is 1. The van der Waals surface area contributed by atoms with Gasteiger partial charge in [0.15, 0.2) is 0 Å². The molecular weight excluding hydrogens is 1780 g/mol. The van der Waals surface area contributed by atoms with E-state index in [-0.39, 0.29) is 142 Å². The number of esters is 8. The highest BCUT2D eigenvalue weighted by atomic mass is 16.6. The molecule has 4 saturated heterocycles. The SMILES string of the molecule is CC(=O)OC1CC(C)(C)CC(C)(C)C1.CC1(C)CC(OC(=O)CCCCCCCCC(=O)OC2CC(C)(C)CC(C)(C)C2)CC(C)(C)C1.CCCCC(Cc1cc(C(C)(C)C)c(O)c(C(C)(C)C)c1)C(=O)OC1CC(C)(C)CC(C)(C)C1.CN1C(C)(C)CC(OC(=O)CC(C(=O)OC2CC(C)(C)N(C)C(C)(C)C2)C(CC(=O)OC2CC(C)(C)N(C)C(C)(C)C2)C(=O)OC2CC(C)(C)N(C)C(C)(C)C2)CC1(C)C. The molecule has 8 fully saturated rings. The quantitative estimate of drug-likeness (QED) is 0.0427. The van der Waals surface area contributed by atoms with E-state index in [4.69, 9.17) is 37.9 Å². The van der Waals surface area contributed by atoms with Crippen LogP contribution in [0.25, 0.3) is 0 Å². The standard InChI is InChI=1S/C48H86N4O8.C31H52O3.C30H54O4.C12H22O2/c1-41(2)23-31(24-42(3,4)49(41)17)57-37(53)21-35(39(55)59-33-27-45(9,10)51(19)46(11,12)28-33)36(40(56)60-34-29-47(13,14)52(20)48(15,16)30-34)22-38(54)58-32-25-43(5,6)50(18)44(7,8)26-32;1-12-13-14-22(27(33)34-23-18-30(8,9)20-31(10,11)19-23)15-21-16-24(28(2,3)4)26(32)25(17-21)29(5,6)7;1-27(2)17-23(18-28(3,4)21-27)33-25(31)15-13-11-9-10-12-14-16-26(32)34-24-19-29(5,6)22-30(7,8)20-24;1-9(13)14-10-6-11(2,3)8-12(4,5)7-10/h31-36H,21-30H2,1-20H3;16-17,22-23,32H,12-15,18-20H2,1-11H3;23-24H,9-22H2,1-8H3;10H,6-8H2,1-5H3. The van der Waals surface area contributed by atoms with Crippen molar-refractivity contribution in [1.82, 2.24) is 19.6 Å². The molecule has 21 nitrogen and oxygen atoms in total. The molecule has 4 heterocycles. The topological polar surface area (TPSA) is 244 Å². The summed E-state index contributed by atoms with van der Waals surface area (Å²) in [4.78, 5) is 116. The minimum Gasteiger partial charge on any atom is -0.507 e. The zero-order chi connectivity index (χ0) is 109. The zero-order valence-corrected chi connectivity index (χ0v) is 99.3. The van der Waals surface area contributed by atoms with Gasteiger partial charge in [0.2, 0.25) is 0 Å². The van der Waals surface area contributed by atoms with E-state index in [1.807, 2.05) is 0 Å². The number of ether oxygens (including phenoxy) is 8. The lowest BCUT2D eigenvalue weighted by Crippen LogP contribution is -2.61. The predicted octanol–water partition coefficient (Wildman–Crippen LogP) is 27.8. The molecule has 1 aromatic carbocycles. The van der Waals surface area contributed by atoms with Crippen LogP contribution in [0.1, 0.15) is 506 Å².